The highest BCUT2D eigenvalue weighted by atomic mass is 35.5. The smallest absolute Gasteiger partial charge is 0.212 e. The van der Waals surface area contributed by atoms with Gasteiger partial charge in [0.1, 0.15) is 5.82 Å². The van der Waals surface area contributed by atoms with E-state index < -0.39 is 0 Å². The van der Waals surface area contributed by atoms with Crippen molar-refractivity contribution in [2.45, 2.75) is 12.3 Å². The Bertz CT molecular complexity index is 1190. The zero-order valence-corrected chi connectivity index (χ0v) is 15.3. The van der Waals surface area contributed by atoms with Gasteiger partial charge in [-0.2, -0.15) is 4.98 Å². The Labute approximate surface area is 159 Å². The molecule has 0 N–H and O–H groups in total. The van der Waals surface area contributed by atoms with Crippen molar-refractivity contribution >= 4 is 43.1 Å². The minimum atomic E-state index is 0.140. The molecule has 26 heavy (non-hydrogen) atoms. The molecule has 0 amide bonds. The Morgan fingerprint density at radius 3 is 2.69 bits per heavy atom. The lowest BCUT2D eigenvalue weighted by Gasteiger charge is -2.12. The molecule has 0 spiro atoms. The summed E-state index contributed by atoms with van der Waals surface area (Å²) < 4.78 is 2.44. The Balaban J connectivity index is 1.71. The van der Waals surface area contributed by atoms with Crippen LogP contribution in [0, 0.1) is 0 Å². The van der Waals surface area contributed by atoms with Gasteiger partial charge in [0.05, 0.1) is 0 Å². The summed E-state index contributed by atoms with van der Waals surface area (Å²) in [6.07, 6.45) is 9.17. The molecule has 4 aromatic rings. The predicted molar refractivity (Wildman–Crippen MR) is 109 cm³/mol. The number of fused-ring (bicyclic) bond motifs is 3. The van der Waals surface area contributed by atoms with E-state index in [1.807, 2.05) is 12.2 Å². The lowest BCUT2D eigenvalue weighted by atomic mass is 10.00. The van der Waals surface area contributed by atoms with Crippen molar-refractivity contribution in [3.05, 3.63) is 77.9 Å². The summed E-state index contributed by atoms with van der Waals surface area (Å²) in [5, 5.41) is 2.72. The molecule has 1 unspecified atom stereocenters. The number of hydrogen-bond donors (Lipinski definition) is 0. The average Bonchev–Trinajstić information content (AvgIpc) is 3.07. The minimum absolute atomic E-state index is 0.140. The van der Waals surface area contributed by atoms with Gasteiger partial charge in [0, 0.05) is 31.7 Å². The molecule has 0 radical (unpaired) electrons. The molecular formula is C21H14ClN3S. The number of nitrogens with zero attached hydrogens (tertiary/aromatic N) is 3. The summed E-state index contributed by atoms with van der Waals surface area (Å²) in [7, 11) is 0. The molecule has 1 aliphatic carbocycles. The molecule has 3 nitrogen and oxygen atoms in total. The summed E-state index contributed by atoms with van der Waals surface area (Å²) in [6, 6.07) is 14.7. The molecular weight excluding hydrogens is 362 g/mol. The van der Waals surface area contributed by atoms with Crippen molar-refractivity contribution < 1.29 is 0 Å². The van der Waals surface area contributed by atoms with E-state index in [-0.39, 0.29) is 11.2 Å². The lowest BCUT2D eigenvalue weighted by molar-refractivity contribution is 0.762. The fraction of sp³-hybridized carbons (Fsp3) is 0.0952. The molecule has 5 rings (SSSR count). The van der Waals surface area contributed by atoms with Crippen molar-refractivity contribution in [2.24, 2.45) is 0 Å². The second-order valence-corrected chi connectivity index (χ2v) is 7.61. The van der Waals surface area contributed by atoms with Crippen LogP contribution in [0.2, 0.25) is 5.28 Å². The van der Waals surface area contributed by atoms with Crippen LogP contribution in [0.25, 0.3) is 31.6 Å². The normalized spacial score (nSPS) is 16.6. The molecule has 5 heteroatoms. The van der Waals surface area contributed by atoms with Gasteiger partial charge in [0.25, 0.3) is 0 Å². The van der Waals surface area contributed by atoms with Crippen LogP contribution in [0.3, 0.4) is 0 Å². The highest BCUT2D eigenvalue weighted by Crippen LogP contribution is 2.39. The van der Waals surface area contributed by atoms with Gasteiger partial charge in [-0.25, -0.2) is 9.97 Å². The topological polar surface area (TPSA) is 38.7 Å². The lowest BCUT2D eigenvalue weighted by Crippen LogP contribution is -2.06. The van der Waals surface area contributed by atoms with Crippen LogP contribution in [0.5, 0.6) is 0 Å². The summed E-state index contributed by atoms with van der Waals surface area (Å²) >= 11 is 8.01. The summed E-state index contributed by atoms with van der Waals surface area (Å²) in [4.78, 5) is 13.6. The van der Waals surface area contributed by atoms with Crippen LogP contribution in [0.4, 0.5) is 0 Å². The van der Waals surface area contributed by atoms with E-state index in [0.29, 0.717) is 5.82 Å². The van der Waals surface area contributed by atoms with Gasteiger partial charge in [0.15, 0.2) is 5.82 Å². The third-order valence-electron chi connectivity index (χ3n) is 4.58. The molecule has 0 fully saturated rings. The van der Waals surface area contributed by atoms with E-state index in [0.717, 1.165) is 17.8 Å². The molecule has 0 bridgehead atoms. The number of allylic oxidation sites excluding steroid dienone is 4. The molecule has 0 saturated heterocycles. The van der Waals surface area contributed by atoms with Crippen LogP contribution in [0.1, 0.15) is 18.2 Å². The molecule has 2 aromatic heterocycles. The summed E-state index contributed by atoms with van der Waals surface area (Å²) in [5.41, 5.74) is 1.00. The second kappa shape index (κ2) is 6.31. The van der Waals surface area contributed by atoms with E-state index in [4.69, 9.17) is 16.6 Å². The Morgan fingerprint density at radius 1 is 0.923 bits per heavy atom. The Hall–Kier alpha value is -2.56. The first-order valence-electron chi connectivity index (χ1n) is 8.45. The quantitative estimate of drug-likeness (QED) is 0.421. The first-order chi connectivity index (χ1) is 12.8. The molecule has 1 aliphatic rings. The van der Waals surface area contributed by atoms with Gasteiger partial charge in [-0.3, -0.25) is 0 Å². The molecule has 126 valence electrons. The van der Waals surface area contributed by atoms with E-state index in [2.05, 4.69) is 64.6 Å². The average molecular weight is 376 g/mol. The van der Waals surface area contributed by atoms with Crippen LogP contribution < -0.4 is 0 Å². The van der Waals surface area contributed by atoms with Gasteiger partial charge in [0.2, 0.25) is 5.28 Å². The standard InChI is InChI=1S/C21H14ClN3S/c22-21-24-19(13-7-2-1-3-8-13)23-20(25-21)16-11-6-10-15-14-9-4-5-12-17(14)26-18(15)16/h1-7,9-13H,8H2. The Kier molecular flexibility index (Phi) is 3.80. The third kappa shape index (κ3) is 2.62. The second-order valence-electron chi connectivity index (χ2n) is 6.22. The molecule has 2 aromatic carbocycles. The highest BCUT2D eigenvalue weighted by Gasteiger charge is 2.17. The van der Waals surface area contributed by atoms with Gasteiger partial charge in [-0.05, 0) is 30.2 Å². The number of benzene rings is 2. The molecule has 2 heterocycles. The maximum absolute atomic E-state index is 6.25. The van der Waals surface area contributed by atoms with E-state index in [9.17, 15) is 0 Å². The zero-order chi connectivity index (χ0) is 17.5. The van der Waals surface area contributed by atoms with Crippen LogP contribution >= 0.6 is 22.9 Å². The number of hydrogen-bond acceptors (Lipinski definition) is 4. The summed E-state index contributed by atoms with van der Waals surface area (Å²) in [5.74, 6) is 1.50. The molecule has 1 atom stereocenters. The fourth-order valence-electron chi connectivity index (χ4n) is 3.35. The van der Waals surface area contributed by atoms with Gasteiger partial charge in [-0.1, -0.05) is 54.6 Å². The highest BCUT2D eigenvalue weighted by molar-refractivity contribution is 7.26. The van der Waals surface area contributed by atoms with E-state index in [1.165, 1.54) is 20.2 Å². The third-order valence-corrected chi connectivity index (χ3v) is 5.97. The first kappa shape index (κ1) is 15.7. The number of halogens is 1. The number of aromatic nitrogens is 3. The van der Waals surface area contributed by atoms with E-state index in [1.54, 1.807) is 11.3 Å². The predicted octanol–water partition coefficient (Wildman–Crippen LogP) is 6.16. The molecule has 0 saturated carbocycles. The van der Waals surface area contributed by atoms with Crippen molar-refractivity contribution in [3.63, 3.8) is 0 Å². The van der Waals surface area contributed by atoms with Gasteiger partial charge in [-0.15, -0.1) is 11.3 Å². The monoisotopic (exact) mass is 375 g/mol. The van der Waals surface area contributed by atoms with Crippen molar-refractivity contribution in [2.75, 3.05) is 0 Å². The Morgan fingerprint density at radius 2 is 1.81 bits per heavy atom. The van der Waals surface area contributed by atoms with Crippen LogP contribution in [0.15, 0.2) is 66.8 Å². The minimum Gasteiger partial charge on any atom is -0.212 e. The number of rotatable bonds is 2. The van der Waals surface area contributed by atoms with Crippen LogP contribution in [-0.4, -0.2) is 15.0 Å². The zero-order valence-electron chi connectivity index (χ0n) is 13.8. The van der Waals surface area contributed by atoms with E-state index >= 15 is 0 Å². The number of thiophene rings is 1. The SMILES string of the molecule is Clc1nc(-c2cccc3c2sc2ccccc23)nc(C2C=CC=CC2)n1. The largest absolute Gasteiger partial charge is 0.226 e. The van der Waals surface area contributed by atoms with Crippen LogP contribution in [-0.2, 0) is 0 Å². The van der Waals surface area contributed by atoms with Crippen molar-refractivity contribution in [3.8, 4) is 11.4 Å². The molecule has 0 aliphatic heterocycles. The fourth-order valence-corrected chi connectivity index (χ4v) is 4.73. The van der Waals surface area contributed by atoms with Crippen molar-refractivity contribution in [1.29, 1.82) is 0 Å². The maximum Gasteiger partial charge on any atom is 0.226 e. The summed E-state index contributed by atoms with van der Waals surface area (Å²) in [6.45, 7) is 0. The van der Waals surface area contributed by atoms with Gasteiger partial charge < -0.3 is 0 Å². The van der Waals surface area contributed by atoms with Crippen molar-refractivity contribution in [1.82, 2.24) is 15.0 Å². The maximum atomic E-state index is 6.25. The first-order valence-corrected chi connectivity index (χ1v) is 9.64. The van der Waals surface area contributed by atoms with Gasteiger partial charge >= 0.3 is 0 Å².